The Morgan fingerprint density at radius 1 is 1.10 bits per heavy atom. The molecule has 0 spiro atoms. The van der Waals surface area contributed by atoms with Crippen molar-refractivity contribution in [3.63, 3.8) is 0 Å². The summed E-state index contributed by atoms with van der Waals surface area (Å²) >= 11 is 0. The van der Waals surface area contributed by atoms with Crippen molar-refractivity contribution in [2.75, 3.05) is 5.32 Å². The van der Waals surface area contributed by atoms with Crippen molar-refractivity contribution < 1.29 is 0 Å². The third kappa shape index (κ3) is 2.21. The van der Waals surface area contributed by atoms with Gasteiger partial charge in [0.15, 0.2) is 0 Å². The maximum atomic E-state index is 4.19. The van der Waals surface area contributed by atoms with Crippen LogP contribution in [0.25, 0.3) is 11.1 Å². The van der Waals surface area contributed by atoms with E-state index >= 15 is 0 Å². The fourth-order valence-electron chi connectivity index (χ4n) is 3.02. The number of hydrogen-bond acceptors (Lipinski definition) is 2. The van der Waals surface area contributed by atoms with Gasteiger partial charge >= 0.3 is 0 Å². The number of aryl methyl sites for hydroxylation is 1. The molecule has 1 N–H and O–H groups in total. The van der Waals surface area contributed by atoms with Crippen LogP contribution in [-0.2, 0) is 20.0 Å². The molecule has 4 rings (SSSR count). The minimum Gasteiger partial charge on any atom is -0.381 e. The first kappa shape index (κ1) is 12.2. The van der Waals surface area contributed by atoms with Gasteiger partial charge in [-0.1, -0.05) is 30.3 Å². The Kier molecular flexibility index (Phi) is 2.78. The summed E-state index contributed by atoms with van der Waals surface area (Å²) < 4.78 is 1.83. The molecule has 1 aliphatic rings. The van der Waals surface area contributed by atoms with E-state index in [9.17, 15) is 0 Å². The summed E-state index contributed by atoms with van der Waals surface area (Å²) in [6.45, 7) is 0.805. The Bertz CT molecular complexity index is 802. The average molecular weight is 275 g/mol. The molecule has 0 bridgehead atoms. The van der Waals surface area contributed by atoms with Gasteiger partial charge in [-0.3, -0.25) is 4.68 Å². The normalized spacial score (nSPS) is 12.0. The first-order valence-electron chi connectivity index (χ1n) is 7.22. The van der Waals surface area contributed by atoms with E-state index in [1.807, 2.05) is 24.1 Å². The lowest BCUT2D eigenvalue weighted by Crippen LogP contribution is -1.99. The predicted octanol–water partition coefficient (Wildman–Crippen LogP) is 3.60. The Morgan fingerprint density at radius 2 is 1.95 bits per heavy atom. The van der Waals surface area contributed by atoms with Gasteiger partial charge in [-0.05, 0) is 40.8 Å². The molecular weight excluding hydrogens is 258 g/mol. The highest BCUT2D eigenvalue weighted by Gasteiger charge is 2.17. The molecule has 1 aromatic heterocycles. The van der Waals surface area contributed by atoms with E-state index < -0.39 is 0 Å². The quantitative estimate of drug-likeness (QED) is 0.619. The lowest BCUT2D eigenvalue weighted by atomic mass is 10.1. The van der Waals surface area contributed by atoms with Gasteiger partial charge in [0.2, 0.25) is 0 Å². The first-order valence-corrected chi connectivity index (χ1v) is 7.22. The molecule has 0 aliphatic heterocycles. The Hall–Kier alpha value is -2.55. The van der Waals surface area contributed by atoms with Crippen LogP contribution in [-0.4, -0.2) is 9.78 Å². The molecule has 0 saturated heterocycles. The van der Waals surface area contributed by atoms with E-state index in [1.54, 1.807) is 0 Å². The first-order chi connectivity index (χ1) is 10.3. The summed E-state index contributed by atoms with van der Waals surface area (Å²) in [6, 6.07) is 15.3. The summed E-state index contributed by atoms with van der Waals surface area (Å²) in [5.41, 5.74) is 7.96. The van der Waals surface area contributed by atoms with Gasteiger partial charge in [0, 0.05) is 31.0 Å². The molecule has 104 valence electrons. The molecular formula is C18H17N3. The van der Waals surface area contributed by atoms with E-state index in [4.69, 9.17) is 0 Å². The minimum absolute atomic E-state index is 0.805. The zero-order valence-electron chi connectivity index (χ0n) is 12.0. The largest absolute Gasteiger partial charge is 0.381 e. The van der Waals surface area contributed by atoms with Crippen LogP contribution in [0.3, 0.4) is 0 Å². The molecule has 3 nitrogen and oxygen atoms in total. The lowest BCUT2D eigenvalue weighted by Gasteiger charge is -2.07. The minimum atomic E-state index is 0.805. The summed E-state index contributed by atoms with van der Waals surface area (Å²) in [5.74, 6) is 0. The van der Waals surface area contributed by atoms with Crippen molar-refractivity contribution in [3.05, 3.63) is 71.5 Å². The summed E-state index contributed by atoms with van der Waals surface area (Å²) in [4.78, 5) is 0. The molecule has 3 heteroatoms. The summed E-state index contributed by atoms with van der Waals surface area (Å²) in [7, 11) is 1.94. The molecule has 0 radical (unpaired) electrons. The van der Waals surface area contributed by atoms with Crippen molar-refractivity contribution in [3.8, 4) is 11.1 Å². The monoisotopic (exact) mass is 275 g/mol. The topological polar surface area (TPSA) is 29.9 Å². The highest BCUT2D eigenvalue weighted by Crippen LogP contribution is 2.37. The van der Waals surface area contributed by atoms with Gasteiger partial charge in [-0.15, -0.1) is 0 Å². The second-order valence-corrected chi connectivity index (χ2v) is 5.58. The smallest absolute Gasteiger partial charge is 0.0539 e. The highest BCUT2D eigenvalue weighted by atomic mass is 15.2. The Labute approximate surface area is 124 Å². The fourth-order valence-corrected chi connectivity index (χ4v) is 3.02. The molecule has 2 aromatic carbocycles. The van der Waals surface area contributed by atoms with E-state index in [0.29, 0.717) is 0 Å². The SMILES string of the molecule is Cn1cc(CNc2ccc3c(c2)Cc2ccccc2-3)cn1. The molecule has 0 atom stereocenters. The van der Waals surface area contributed by atoms with Gasteiger partial charge in [-0.25, -0.2) is 0 Å². The third-order valence-electron chi connectivity index (χ3n) is 4.05. The zero-order chi connectivity index (χ0) is 14.2. The third-order valence-corrected chi connectivity index (χ3v) is 4.05. The van der Waals surface area contributed by atoms with Crippen molar-refractivity contribution >= 4 is 5.69 Å². The number of aromatic nitrogens is 2. The fraction of sp³-hybridized carbons (Fsp3) is 0.167. The molecule has 1 aliphatic carbocycles. The Balaban J connectivity index is 1.56. The number of benzene rings is 2. The van der Waals surface area contributed by atoms with Crippen molar-refractivity contribution in [2.24, 2.45) is 7.05 Å². The number of rotatable bonds is 3. The molecule has 0 unspecified atom stereocenters. The standard InChI is InChI=1S/C18H17N3/c1-21-12-13(11-20-21)10-19-16-6-7-18-15(9-16)8-14-4-2-3-5-17(14)18/h2-7,9,11-12,19H,8,10H2,1H3. The predicted molar refractivity (Wildman–Crippen MR) is 85.2 cm³/mol. The molecule has 0 fully saturated rings. The van der Waals surface area contributed by atoms with E-state index in [2.05, 4.69) is 52.9 Å². The number of nitrogens with zero attached hydrogens (tertiary/aromatic N) is 2. The van der Waals surface area contributed by atoms with Crippen molar-refractivity contribution in [1.29, 1.82) is 0 Å². The summed E-state index contributed by atoms with van der Waals surface area (Å²) in [6.07, 6.45) is 4.97. The number of fused-ring (bicyclic) bond motifs is 3. The van der Waals surface area contributed by atoms with Crippen molar-refractivity contribution in [1.82, 2.24) is 9.78 Å². The average Bonchev–Trinajstić information content (AvgIpc) is 3.07. The molecule has 3 aromatic rings. The van der Waals surface area contributed by atoms with Crippen LogP contribution in [0.1, 0.15) is 16.7 Å². The van der Waals surface area contributed by atoms with Gasteiger partial charge in [0.1, 0.15) is 0 Å². The summed E-state index contributed by atoms with van der Waals surface area (Å²) in [5, 5.41) is 7.67. The number of anilines is 1. The van der Waals surface area contributed by atoms with Crippen LogP contribution >= 0.6 is 0 Å². The maximum Gasteiger partial charge on any atom is 0.0539 e. The van der Waals surface area contributed by atoms with Gasteiger partial charge < -0.3 is 5.32 Å². The number of hydrogen-bond donors (Lipinski definition) is 1. The lowest BCUT2D eigenvalue weighted by molar-refractivity contribution is 0.767. The van der Waals surface area contributed by atoms with Crippen LogP contribution in [0.4, 0.5) is 5.69 Å². The van der Waals surface area contributed by atoms with Gasteiger partial charge in [0.05, 0.1) is 6.20 Å². The second-order valence-electron chi connectivity index (χ2n) is 5.58. The second kappa shape index (κ2) is 4.77. The van der Waals surface area contributed by atoms with E-state index in [-0.39, 0.29) is 0 Å². The maximum absolute atomic E-state index is 4.19. The van der Waals surface area contributed by atoms with E-state index in [1.165, 1.54) is 33.5 Å². The molecule has 0 amide bonds. The molecule has 21 heavy (non-hydrogen) atoms. The molecule has 0 saturated carbocycles. The van der Waals surface area contributed by atoms with Gasteiger partial charge in [0.25, 0.3) is 0 Å². The van der Waals surface area contributed by atoms with E-state index in [0.717, 1.165) is 13.0 Å². The van der Waals surface area contributed by atoms with Crippen LogP contribution < -0.4 is 5.32 Å². The molecule has 1 heterocycles. The van der Waals surface area contributed by atoms with Crippen LogP contribution in [0.2, 0.25) is 0 Å². The van der Waals surface area contributed by atoms with Crippen LogP contribution in [0.5, 0.6) is 0 Å². The van der Waals surface area contributed by atoms with Crippen LogP contribution in [0, 0.1) is 0 Å². The van der Waals surface area contributed by atoms with Crippen LogP contribution in [0.15, 0.2) is 54.9 Å². The van der Waals surface area contributed by atoms with Crippen molar-refractivity contribution in [2.45, 2.75) is 13.0 Å². The van der Waals surface area contributed by atoms with Gasteiger partial charge in [-0.2, -0.15) is 5.10 Å². The Morgan fingerprint density at radius 3 is 2.81 bits per heavy atom. The highest BCUT2D eigenvalue weighted by molar-refractivity contribution is 5.78. The number of nitrogens with one attached hydrogen (secondary N) is 1. The zero-order valence-corrected chi connectivity index (χ0v) is 12.0.